The molecule has 0 atom stereocenters. The molecule has 3 rings (SSSR count). The second-order valence-electron chi connectivity index (χ2n) is 5.29. The predicted molar refractivity (Wildman–Crippen MR) is 78.7 cm³/mol. The highest BCUT2D eigenvalue weighted by Crippen LogP contribution is 2.30. The Hall–Kier alpha value is -1.91. The molecule has 0 unspecified atom stereocenters. The lowest BCUT2D eigenvalue weighted by molar-refractivity contribution is 0.281. The Bertz CT molecular complexity index is 626. The molecule has 110 valence electrons. The van der Waals surface area contributed by atoms with Crippen LogP contribution in [0.25, 0.3) is 0 Å². The Morgan fingerprint density at radius 1 is 1.19 bits per heavy atom. The van der Waals surface area contributed by atoms with Crippen molar-refractivity contribution in [3.63, 3.8) is 0 Å². The first-order chi connectivity index (χ1) is 10.3. The minimum absolute atomic E-state index is 0.0649. The summed E-state index contributed by atoms with van der Waals surface area (Å²) in [7, 11) is 0. The van der Waals surface area contributed by atoms with Crippen LogP contribution in [0.4, 0.5) is 4.39 Å². The Labute approximate surface area is 123 Å². The van der Waals surface area contributed by atoms with E-state index in [0.717, 1.165) is 11.1 Å². The number of rotatable bonds is 6. The van der Waals surface area contributed by atoms with Crippen molar-refractivity contribution in [2.24, 2.45) is 0 Å². The van der Waals surface area contributed by atoms with Gasteiger partial charge in [-0.25, -0.2) is 4.39 Å². The minimum Gasteiger partial charge on any atom is -0.454 e. The summed E-state index contributed by atoms with van der Waals surface area (Å²) >= 11 is 0. The number of hydrogen-bond acceptors (Lipinski definition) is 3. The van der Waals surface area contributed by atoms with Gasteiger partial charge in [0, 0.05) is 18.2 Å². The van der Waals surface area contributed by atoms with Crippen molar-refractivity contribution in [2.45, 2.75) is 32.0 Å². The molecule has 21 heavy (non-hydrogen) atoms. The van der Waals surface area contributed by atoms with Crippen molar-refractivity contribution in [1.82, 2.24) is 5.32 Å². The van der Waals surface area contributed by atoms with E-state index < -0.39 is 0 Å². The third-order valence-corrected chi connectivity index (χ3v) is 3.51. The number of hydrogen-bond donors (Lipinski definition) is 2. The smallest absolute Gasteiger partial charge is 0.167 e. The number of halogens is 1. The molecule has 4 heteroatoms. The fourth-order valence-corrected chi connectivity index (χ4v) is 2.17. The third-order valence-electron chi connectivity index (χ3n) is 3.51. The van der Waals surface area contributed by atoms with Crippen LogP contribution < -0.4 is 10.1 Å². The highest BCUT2D eigenvalue weighted by molar-refractivity contribution is 5.40. The summed E-state index contributed by atoms with van der Waals surface area (Å²) in [6.45, 7) is 0.530. The molecule has 2 N–H and O–H groups in total. The van der Waals surface area contributed by atoms with Crippen LogP contribution in [0.3, 0.4) is 0 Å². The fourth-order valence-electron chi connectivity index (χ4n) is 2.17. The maximum absolute atomic E-state index is 14.1. The molecule has 0 spiro atoms. The van der Waals surface area contributed by atoms with Gasteiger partial charge in [0.05, 0.1) is 6.61 Å². The van der Waals surface area contributed by atoms with Crippen LogP contribution in [-0.4, -0.2) is 11.1 Å². The van der Waals surface area contributed by atoms with Crippen LogP contribution in [0.2, 0.25) is 0 Å². The Morgan fingerprint density at radius 3 is 2.76 bits per heavy atom. The normalized spacial score (nSPS) is 14.2. The van der Waals surface area contributed by atoms with Gasteiger partial charge < -0.3 is 15.2 Å². The van der Waals surface area contributed by atoms with Crippen LogP contribution in [0.1, 0.15) is 24.0 Å². The summed E-state index contributed by atoms with van der Waals surface area (Å²) in [5.41, 5.74) is 1.54. The fraction of sp³-hybridized carbons (Fsp3) is 0.294. The second kappa shape index (κ2) is 6.24. The Balaban J connectivity index is 1.81. The van der Waals surface area contributed by atoms with Gasteiger partial charge in [0.1, 0.15) is 5.75 Å². The third kappa shape index (κ3) is 3.60. The zero-order chi connectivity index (χ0) is 14.7. The van der Waals surface area contributed by atoms with Crippen molar-refractivity contribution < 1.29 is 14.2 Å². The quantitative estimate of drug-likeness (QED) is 0.856. The SMILES string of the molecule is OCc1cccc(Oc2c(F)cccc2CNC2CC2)c1. The first-order valence-corrected chi connectivity index (χ1v) is 7.14. The van der Waals surface area contributed by atoms with Gasteiger partial charge in [-0.3, -0.25) is 0 Å². The predicted octanol–water partition coefficient (Wildman–Crippen LogP) is 3.36. The summed E-state index contributed by atoms with van der Waals surface area (Å²) < 4.78 is 19.8. The molecule has 1 aliphatic rings. The van der Waals surface area contributed by atoms with Crippen LogP contribution in [0.5, 0.6) is 11.5 Å². The van der Waals surface area contributed by atoms with Gasteiger partial charge in [0.25, 0.3) is 0 Å². The Kier molecular flexibility index (Phi) is 4.18. The van der Waals surface area contributed by atoms with Crippen LogP contribution >= 0.6 is 0 Å². The summed E-state index contributed by atoms with van der Waals surface area (Å²) in [5.74, 6) is 0.402. The molecule has 2 aromatic rings. The summed E-state index contributed by atoms with van der Waals surface area (Å²) in [6.07, 6.45) is 2.37. The van der Waals surface area contributed by atoms with Crippen molar-refractivity contribution in [3.8, 4) is 11.5 Å². The maximum Gasteiger partial charge on any atom is 0.167 e. The number of aliphatic hydroxyl groups excluding tert-OH is 1. The molecule has 0 radical (unpaired) electrons. The molecule has 0 saturated heterocycles. The first kappa shape index (κ1) is 14.0. The van der Waals surface area contributed by atoms with E-state index in [-0.39, 0.29) is 18.2 Å². The zero-order valence-corrected chi connectivity index (χ0v) is 11.7. The molecular formula is C17H18FNO2. The molecule has 0 aromatic heterocycles. The number of benzene rings is 2. The van der Waals surface area contributed by atoms with E-state index in [0.29, 0.717) is 18.3 Å². The molecule has 3 nitrogen and oxygen atoms in total. The zero-order valence-electron chi connectivity index (χ0n) is 11.7. The van der Waals surface area contributed by atoms with E-state index in [1.165, 1.54) is 18.9 Å². The van der Waals surface area contributed by atoms with E-state index in [9.17, 15) is 4.39 Å². The standard InChI is InChI=1S/C17H18FNO2/c18-16-6-2-4-13(10-19-14-7-8-14)17(16)21-15-5-1-3-12(9-15)11-20/h1-6,9,14,19-20H,7-8,10-11H2. The Morgan fingerprint density at radius 2 is 2.00 bits per heavy atom. The van der Waals surface area contributed by atoms with E-state index >= 15 is 0 Å². The summed E-state index contributed by atoms with van der Waals surface area (Å²) in [4.78, 5) is 0. The highest BCUT2D eigenvalue weighted by Gasteiger charge is 2.21. The van der Waals surface area contributed by atoms with E-state index in [1.54, 1.807) is 30.3 Å². The van der Waals surface area contributed by atoms with Gasteiger partial charge in [-0.05, 0) is 36.6 Å². The molecule has 0 aliphatic heterocycles. The average molecular weight is 287 g/mol. The first-order valence-electron chi connectivity index (χ1n) is 7.14. The van der Waals surface area contributed by atoms with Crippen LogP contribution in [0.15, 0.2) is 42.5 Å². The minimum atomic E-state index is -0.375. The van der Waals surface area contributed by atoms with Crippen molar-refractivity contribution in [2.75, 3.05) is 0 Å². The maximum atomic E-state index is 14.1. The van der Waals surface area contributed by atoms with Crippen LogP contribution in [0, 0.1) is 5.82 Å². The van der Waals surface area contributed by atoms with Gasteiger partial charge >= 0.3 is 0 Å². The molecule has 1 fully saturated rings. The lowest BCUT2D eigenvalue weighted by atomic mass is 10.2. The molecule has 0 heterocycles. The van der Waals surface area contributed by atoms with Gasteiger partial charge in [-0.2, -0.15) is 0 Å². The average Bonchev–Trinajstić information content (AvgIpc) is 3.32. The van der Waals surface area contributed by atoms with E-state index in [2.05, 4.69) is 5.32 Å². The van der Waals surface area contributed by atoms with Crippen molar-refractivity contribution in [3.05, 3.63) is 59.4 Å². The van der Waals surface area contributed by atoms with Gasteiger partial charge in [0.15, 0.2) is 11.6 Å². The van der Waals surface area contributed by atoms with E-state index in [1.807, 2.05) is 6.07 Å². The number of aliphatic hydroxyl groups is 1. The second-order valence-corrected chi connectivity index (χ2v) is 5.29. The molecule has 2 aromatic carbocycles. The summed E-state index contributed by atoms with van der Waals surface area (Å²) in [5, 5.41) is 12.5. The lowest BCUT2D eigenvalue weighted by Crippen LogP contribution is -2.16. The van der Waals surface area contributed by atoms with Crippen LogP contribution in [-0.2, 0) is 13.2 Å². The van der Waals surface area contributed by atoms with Gasteiger partial charge in [-0.15, -0.1) is 0 Å². The lowest BCUT2D eigenvalue weighted by Gasteiger charge is -2.13. The number of nitrogens with one attached hydrogen (secondary N) is 1. The molecule has 1 saturated carbocycles. The molecule has 0 amide bonds. The topological polar surface area (TPSA) is 41.5 Å². The van der Waals surface area contributed by atoms with E-state index in [4.69, 9.17) is 9.84 Å². The van der Waals surface area contributed by atoms with Crippen molar-refractivity contribution >= 4 is 0 Å². The molecule has 1 aliphatic carbocycles. The molecular weight excluding hydrogens is 269 g/mol. The van der Waals surface area contributed by atoms with Gasteiger partial charge in [-0.1, -0.05) is 24.3 Å². The number of para-hydroxylation sites is 1. The highest BCUT2D eigenvalue weighted by atomic mass is 19.1. The largest absolute Gasteiger partial charge is 0.454 e. The summed E-state index contributed by atoms with van der Waals surface area (Å²) in [6, 6.07) is 12.5. The monoisotopic (exact) mass is 287 g/mol. The number of ether oxygens (including phenoxy) is 1. The van der Waals surface area contributed by atoms with Gasteiger partial charge in [0.2, 0.25) is 0 Å². The molecule has 0 bridgehead atoms. The van der Waals surface area contributed by atoms with Crippen molar-refractivity contribution in [1.29, 1.82) is 0 Å².